The van der Waals surface area contributed by atoms with Crippen LogP contribution in [-0.4, -0.2) is 40.6 Å². The van der Waals surface area contributed by atoms with E-state index in [0.717, 1.165) is 10.1 Å². The fraction of sp³-hybridized carbons (Fsp3) is 0.304. The number of rotatable bonds is 5. The van der Waals surface area contributed by atoms with Crippen LogP contribution in [0.4, 0.5) is 11.5 Å². The van der Waals surface area contributed by atoms with Gasteiger partial charge in [-0.15, -0.1) is 0 Å². The molecule has 4 N–H and O–H groups in total. The van der Waals surface area contributed by atoms with Crippen LogP contribution in [0.2, 0.25) is 10.0 Å². The number of nitrogens with zero attached hydrogens (tertiary/aromatic N) is 3. The molecular weight excluding hydrogens is 479 g/mol. The maximum absolute atomic E-state index is 13.0. The predicted molar refractivity (Wildman–Crippen MR) is 134 cm³/mol. The second-order valence-electron chi connectivity index (χ2n) is 7.53. The lowest BCUT2D eigenvalue weighted by Crippen LogP contribution is -2.31. The van der Waals surface area contributed by atoms with Gasteiger partial charge in [0.1, 0.15) is 17.7 Å². The van der Waals surface area contributed by atoms with Gasteiger partial charge in [-0.1, -0.05) is 29.6 Å². The topological polar surface area (TPSA) is 124 Å². The van der Waals surface area contributed by atoms with Crippen LogP contribution in [-0.2, 0) is 11.3 Å². The first kappa shape index (κ1) is 25.6. The summed E-state index contributed by atoms with van der Waals surface area (Å²) in [7, 11) is 1.54. The number of methoxy groups -OCH3 is 1. The van der Waals surface area contributed by atoms with Crippen molar-refractivity contribution in [2.24, 2.45) is 0 Å². The molecule has 1 saturated heterocycles. The van der Waals surface area contributed by atoms with E-state index in [2.05, 4.69) is 20.6 Å². The van der Waals surface area contributed by atoms with Gasteiger partial charge in [0.25, 0.3) is 11.5 Å². The van der Waals surface area contributed by atoms with Gasteiger partial charge >= 0.3 is 0 Å². The van der Waals surface area contributed by atoms with Crippen molar-refractivity contribution in [3.8, 4) is 5.69 Å². The molecule has 0 spiro atoms. The number of carbonyl (C=O) groups excluding carboxylic acids is 1. The Hall–Kier alpha value is -2.98. The predicted octanol–water partition coefficient (Wildman–Crippen LogP) is 3.68. The van der Waals surface area contributed by atoms with E-state index in [1.165, 1.54) is 52.0 Å². The molecule has 0 atom stereocenters. The minimum absolute atomic E-state index is 0.191. The number of nitrogens with two attached hydrogens (primary N) is 1. The van der Waals surface area contributed by atoms with Gasteiger partial charge < -0.3 is 21.1 Å². The lowest BCUT2D eigenvalue weighted by Gasteiger charge is -2.14. The highest BCUT2D eigenvalue weighted by atomic mass is 35.5. The maximum Gasteiger partial charge on any atom is 0.273 e. The van der Waals surface area contributed by atoms with Gasteiger partial charge in [-0.25, -0.2) is 4.98 Å². The van der Waals surface area contributed by atoms with Crippen molar-refractivity contribution in [3.63, 3.8) is 0 Å². The molecule has 1 aromatic carbocycles. The minimum Gasteiger partial charge on any atom is -0.383 e. The monoisotopic (exact) mass is 504 g/mol. The molecule has 0 radical (unpaired) electrons. The van der Waals surface area contributed by atoms with Gasteiger partial charge in [-0.3, -0.25) is 19.1 Å². The molecule has 1 aliphatic heterocycles. The highest BCUT2D eigenvalue weighted by Crippen LogP contribution is 2.30. The van der Waals surface area contributed by atoms with E-state index in [-0.39, 0.29) is 27.1 Å². The number of hydrogen-bond acceptors (Lipinski definition) is 7. The molecule has 3 heterocycles. The molecule has 4 rings (SSSR count). The lowest BCUT2D eigenvalue weighted by molar-refractivity contribution is 0.102. The molecule has 2 aromatic heterocycles. The van der Waals surface area contributed by atoms with Gasteiger partial charge in [0.2, 0.25) is 0 Å². The number of pyridine rings is 1. The Kier molecular flexibility index (Phi) is 9.41. The average Bonchev–Trinajstić information content (AvgIpc) is 2.82. The van der Waals surface area contributed by atoms with Crippen molar-refractivity contribution in [3.05, 3.63) is 74.5 Å². The molecule has 1 fully saturated rings. The SMILES string of the molecule is C1CCNCC1.COCc1cc(Cl)c(-n2cnc(N)c(C(=O)Nc3cccnc3)c2=O)c(Cl)c1. The Morgan fingerprint density at radius 3 is 2.47 bits per heavy atom. The van der Waals surface area contributed by atoms with Crippen LogP contribution < -0.4 is 21.9 Å². The fourth-order valence-electron chi connectivity index (χ4n) is 3.37. The maximum atomic E-state index is 13.0. The number of hydrogen-bond donors (Lipinski definition) is 3. The quantitative estimate of drug-likeness (QED) is 0.483. The third-order valence-corrected chi connectivity index (χ3v) is 5.56. The van der Waals surface area contributed by atoms with Crippen LogP contribution in [0.3, 0.4) is 0 Å². The third kappa shape index (κ3) is 6.54. The Labute approximate surface area is 207 Å². The Bertz CT molecular complexity index is 1150. The zero-order valence-electron chi connectivity index (χ0n) is 18.7. The van der Waals surface area contributed by atoms with E-state index >= 15 is 0 Å². The van der Waals surface area contributed by atoms with E-state index in [1.54, 1.807) is 30.5 Å². The first-order chi connectivity index (χ1) is 16.4. The summed E-state index contributed by atoms with van der Waals surface area (Å²) in [5.74, 6) is -0.938. The molecule has 0 unspecified atom stereocenters. The molecule has 0 aliphatic carbocycles. The van der Waals surface area contributed by atoms with Crippen LogP contribution in [0.25, 0.3) is 5.69 Å². The summed E-state index contributed by atoms with van der Waals surface area (Å²) in [6, 6.07) is 6.49. The van der Waals surface area contributed by atoms with Gasteiger partial charge in [0, 0.05) is 13.3 Å². The highest BCUT2D eigenvalue weighted by Gasteiger charge is 2.21. The van der Waals surface area contributed by atoms with Crippen LogP contribution in [0.15, 0.2) is 47.8 Å². The van der Waals surface area contributed by atoms with Gasteiger partial charge in [0.05, 0.1) is 34.2 Å². The largest absolute Gasteiger partial charge is 0.383 e. The number of benzene rings is 1. The Morgan fingerprint density at radius 2 is 1.94 bits per heavy atom. The molecule has 0 saturated carbocycles. The fourth-order valence-corrected chi connectivity index (χ4v) is 4.08. The van der Waals surface area contributed by atoms with Crippen LogP contribution in [0.1, 0.15) is 35.2 Å². The summed E-state index contributed by atoms with van der Waals surface area (Å²) >= 11 is 12.6. The van der Waals surface area contributed by atoms with Crippen LogP contribution in [0.5, 0.6) is 0 Å². The van der Waals surface area contributed by atoms with Crippen molar-refractivity contribution in [2.45, 2.75) is 25.9 Å². The molecule has 9 nitrogen and oxygen atoms in total. The van der Waals surface area contributed by atoms with E-state index in [1.807, 2.05) is 0 Å². The first-order valence-electron chi connectivity index (χ1n) is 10.7. The summed E-state index contributed by atoms with van der Waals surface area (Å²) in [4.78, 5) is 33.4. The van der Waals surface area contributed by atoms with E-state index in [4.69, 9.17) is 33.7 Å². The van der Waals surface area contributed by atoms with E-state index in [0.29, 0.717) is 12.3 Å². The van der Waals surface area contributed by atoms with Gasteiger partial charge in [0.15, 0.2) is 0 Å². The first-order valence-corrected chi connectivity index (χ1v) is 11.4. The van der Waals surface area contributed by atoms with Crippen LogP contribution in [0, 0.1) is 0 Å². The molecule has 3 aromatic rings. The summed E-state index contributed by atoms with van der Waals surface area (Å²) in [6.45, 7) is 2.80. The summed E-state index contributed by atoms with van der Waals surface area (Å²) in [6.07, 6.45) is 8.37. The molecule has 34 heavy (non-hydrogen) atoms. The van der Waals surface area contributed by atoms with Crippen molar-refractivity contribution >= 4 is 40.6 Å². The summed E-state index contributed by atoms with van der Waals surface area (Å²) < 4.78 is 6.14. The van der Waals surface area contributed by atoms with Gasteiger partial charge in [-0.2, -0.15) is 0 Å². The zero-order valence-corrected chi connectivity index (χ0v) is 20.2. The van der Waals surface area contributed by atoms with Crippen molar-refractivity contribution in [2.75, 3.05) is 31.2 Å². The molecule has 180 valence electrons. The molecule has 1 aliphatic rings. The number of anilines is 2. The molecular formula is C23H26Cl2N6O3. The van der Waals surface area contributed by atoms with E-state index < -0.39 is 11.5 Å². The van der Waals surface area contributed by atoms with Crippen molar-refractivity contribution in [1.29, 1.82) is 0 Å². The molecule has 1 amide bonds. The number of carbonyl (C=O) groups is 1. The second kappa shape index (κ2) is 12.5. The minimum atomic E-state index is -0.722. The number of aromatic nitrogens is 3. The highest BCUT2D eigenvalue weighted by molar-refractivity contribution is 6.37. The zero-order chi connectivity index (χ0) is 24.5. The standard InChI is InChI=1S/C18H15Cl2N5O3.C5H11N/c1-28-8-10-5-12(19)15(13(20)6-10)25-9-23-16(21)14(18(25)27)17(26)24-11-3-2-4-22-7-11;1-2-4-6-5-3-1/h2-7,9H,8,21H2,1H3,(H,24,26);6H,1-5H2. The normalized spacial score (nSPS) is 13.0. The van der Waals surface area contributed by atoms with Gasteiger partial charge in [-0.05, 0) is 55.8 Å². The van der Waals surface area contributed by atoms with Crippen molar-refractivity contribution < 1.29 is 9.53 Å². The van der Waals surface area contributed by atoms with E-state index in [9.17, 15) is 9.59 Å². The number of ether oxygens (including phenoxy) is 1. The summed E-state index contributed by atoms with van der Waals surface area (Å²) in [5.41, 5.74) is 6.06. The average molecular weight is 505 g/mol. The number of nitrogens with one attached hydrogen (secondary N) is 2. The number of halogens is 2. The number of piperidine rings is 1. The smallest absolute Gasteiger partial charge is 0.273 e. The molecule has 11 heteroatoms. The molecule has 0 bridgehead atoms. The Balaban J connectivity index is 0.000000469. The number of nitrogen functional groups attached to an aromatic ring is 1. The Morgan fingerprint density at radius 1 is 1.24 bits per heavy atom. The second-order valence-corrected chi connectivity index (χ2v) is 8.34. The summed E-state index contributed by atoms with van der Waals surface area (Å²) in [5, 5.41) is 6.24. The number of amides is 1. The lowest BCUT2D eigenvalue weighted by atomic mass is 10.2. The third-order valence-electron chi connectivity index (χ3n) is 4.98. The van der Waals surface area contributed by atoms with Crippen LogP contribution >= 0.6 is 23.2 Å². The van der Waals surface area contributed by atoms with Crippen molar-refractivity contribution in [1.82, 2.24) is 19.9 Å².